The SMILES string of the molecule is CC[n+]1c(/C=C/c2ccc3c(c2)C2CCCC2N3c2ccccc2)sc2c3ccc(S(=O)(=O)O)cc3ccc21. The Hall–Kier alpha value is -3.52. The lowest BCUT2D eigenvalue weighted by molar-refractivity contribution is -0.665. The molecule has 0 saturated heterocycles. The number of hydrogen-bond donors (Lipinski definition) is 1. The highest BCUT2D eigenvalue weighted by Gasteiger charge is 2.42. The van der Waals surface area contributed by atoms with Crippen LogP contribution in [-0.4, -0.2) is 19.0 Å². The maximum atomic E-state index is 11.6. The van der Waals surface area contributed by atoms with E-state index in [0.29, 0.717) is 12.0 Å². The Labute approximate surface area is 232 Å². The fourth-order valence-corrected chi connectivity index (χ4v) is 8.32. The lowest BCUT2D eigenvalue weighted by atomic mass is 9.96. The van der Waals surface area contributed by atoms with Gasteiger partial charge in [-0.15, -0.1) is 0 Å². The molecule has 1 aliphatic heterocycles. The Bertz CT molecular complexity index is 1880. The van der Waals surface area contributed by atoms with Crippen molar-refractivity contribution in [2.24, 2.45) is 0 Å². The van der Waals surface area contributed by atoms with Crippen LogP contribution in [0, 0.1) is 0 Å². The summed E-state index contributed by atoms with van der Waals surface area (Å²) in [6, 6.07) is 27.0. The summed E-state index contributed by atoms with van der Waals surface area (Å²) in [5, 5.41) is 2.92. The molecule has 1 N–H and O–H groups in total. The van der Waals surface area contributed by atoms with E-state index in [1.807, 2.05) is 12.1 Å². The third kappa shape index (κ3) is 4.07. The van der Waals surface area contributed by atoms with Crippen LogP contribution < -0.4 is 9.47 Å². The zero-order chi connectivity index (χ0) is 26.7. The summed E-state index contributed by atoms with van der Waals surface area (Å²) in [7, 11) is -4.24. The van der Waals surface area contributed by atoms with Crippen molar-refractivity contribution in [1.29, 1.82) is 0 Å². The summed E-state index contributed by atoms with van der Waals surface area (Å²) in [6.45, 7) is 2.97. The van der Waals surface area contributed by atoms with Gasteiger partial charge in [-0.2, -0.15) is 13.0 Å². The molecule has 2 atom stereocenters. The number of aromatic nitrogens is 1. The zero-order valence-corrected chi connectivity index (χ0v) is 23.3. The number of anilines is 2. The van der Waals surface area contributed by atoms with Crippen molar-refractivity contribution in [2.45, 2.75) is 49.6 Å². The molecule has 1 aromatic heterocycles. The van der Waals surface area contributed by atoms with Crippen molar-refractivity contribution in [2.75, 3.05) is 4.90 Å². The fourth-order valence-electron chi connectivity index (χ4n) is 6.55. The quantitative estimate of drug-likeness (QED) is 0.180. The van der Waals surface area contributed by atoms with Crippen molar-refractivity contribution >= 4 is 66.0 Å². The normalized spacial score (nSPS) is 18.9. The third-order valence-corrected chi connectivity index (χ3v) is 10.3. The molecule has 0 bridgehead atoms. The van der Waals surface area contributed by atoms with Crippen LogP contribution in [-0.2, 0) is 16.7 Å². The van der Waals surface area contributed by atoms with E-state index in [9.17, 15) is 13.0 Å². The molecule has 196 valence electrons. The number of rotatable bonds is 5. The van der Waals surface area contributed by atoms with Crippen molar-refractivity contribution in [3.05, 3.63) is 95.0 Å². The molecule has 2 aliphatic rings. The molecule has 39 heavy (non-hydrogen) atoms. The van der Waals surface area contributed by atoms with E-state index in [1.54, 1.807) is 17.4 Å². The molecule has 0 radical (unpaired) electrons. The Kier molecular flexibility index (Phi) is 5.84. The first-order valence-electron chi connectivity index (χ1n) is 13.5. The van der Waals surface area contributed by atoms with E-state index in [0.717, 1.165) is 32.5 Å². The molecule has 4 aromatic carbocycles. The standard InChI is InChI=1S/C32H28N2O3S2/c1-2-33-30-17-13-22-20-24(39(35,36)37)14-15-25(22)32(30)38-31(33)18-12-21-11-16-29-27(19-21)26-9-6-10-28(26)34(29)23-7-4-3-5-8-23/h3-5,7-8,11-20,26,28H,2,6,9-10H2,1H3/p+1. The predicted octanol–water partition coefficient (Wildman–Crippen LogP) is 7.57. The number of benzene rings is 4. The Morgan fingerprint density at radius 2 is 1.85 bits per heavy atom. The van der Waals surface area contributed by atoms with Gasteiger partial charge in [0.2, 0.25) is 5.52 Å². The van der Waals surface area contributed by atoms with Gasteiger partial charge in [0, 0.05) is 40.9 Å². The molecule has 5 nitrogen and oxygen atoms in total. The number of aryl methyl sites for hydroxylation is 1. The molecule has 7 heteroatoms. The number of nitrogens with zero attached hydrogens (tertiary/aromatic N) is 2. The highest BCUT2D eigenvalue weighted by Crippen LogP contribution is 2.52. The zero-order valence-electron chi connectivity index (χ0n) is 21.6. The molecule has 7 rings (SSSR count). The molecular formula is C32H29N2O3S2+. The molecule has 0 spiro atoms. The van der Waals surface area contributed by atoms with Crippen molar-refractivity contribution in [3.63, 3.8) is 0 Å². The smallest absolute Gasteiger partial charge is 0.294 e. The summed E-state index contributed by atoms with van der Waals surface area (Å²) in [6.07, 6.45) is 8.16. The van der Waals surface area contributed by atoms with Gasteiger partial charge in [-0.25, -0.2) is 0 Å². The fraction of sp³-hybridized carbons (Fsp3) is 0.219. The van der Waals surface area contributed by atoms with Crippen molar-refractivity contribution in [3.8, 4) is 0 Å². The molecule has 2 heterocycles. The maximum Gasteiger partial charge on any atom is 0.294 e. The van der Waals surface area contributed by atoms with Crippen LogP contribution in [0.15, 0.2) is 83.8 Å². The monoisotopic (exact) mass is 553 g/mol. The number of thiazole rings is 1. The van der Waals surface area contributed by atoms with Crippen LogP contribution in [0.3, 0.4) is 0 Å². The minimum atomic E-state index is -4.24. The van der Waals surface area contributed by atoms with Crippen molar-refractivity contribution < 1.29 is 17.5 Å². The lowest BCUT2D eigenvalue weighted by Gasteiger charge is -2.27. The molecular weight excluding hydrogens is 524 g/mol. The van der Waals surface area contributed by atoms with Crippen molar-refractivity contribution in [1.82, 2.24) is 0 Å². The van der Waals surface area contributed by atoms with Gasteiger partial charge in [0.05, 0.1) is 4.90 Å². The van der Waals surface area contributed by atoms with Gasteiger partial charge in [0.25, 0.3) is 15.1 Å². The summed E-state index contributed by atoms with van der Waals surface area (Å²) in [5.41, 5.74) is 6.41. The molecule has 1 fully saturated rings. The van der Waals surface area contributed by atoms with Gasteiger partial charge in [-0.05, 0) is 84.8 Å². The van der Waals surface area contributed by atoms with E-state index in [-0.39, 0.29) is 4.90 Å². The van der Waals surface area contributed by atoms with Crippen LogP contribution in [0.2, 0.25) is 0 Å². The van der Waals surface area contributed by atoms with E-state index in [4.69, 9.17) is 0 Å². The van der Waals surface area contributed by atoms with Crippen LogP contribution in [0.4, 0.5) is 11.4 Å². The number of fused-ring (bicyclic) bond motifs is 6. The second-order valence-corrected chi connectivity index (χ2v) is 12.9. The van der Waals surface area contributed by atoms with Gasteiger partial charge in [0.15, 0.2) is 0 Å². The van der Waals surface area contributed by atoms with Gasteiger partial charge in [-0.1, -0.05) is 48.1 Å². The van der Waals surface area contributed by atoms with Gasteiger partial charge in [0.1, 0.15) is 11.2 Å². The largest absolute Gasteiger partial charge is 0.338 e. The second-order valence-electron chi connectivity index (χ2n) is 10.4. The van der Waals surface area contributed by atoms with Crippen LogP contribution in [0.25, 0.3) is 33.1 Å². The summed E-state index contributed by atoms with van der Waals surface area (Å²) >= 11 is 1.71. The van der Waals surface area contributed by atoms with Gasteiger partial charge in [-0.3, -0.25) is 4.55 Å². The average molecular weight is 554 g/mol. The topological polar surface area (TPSA) is 61.5 Å². The maximum absolute atomic E-state index is 11.6. The van der Waals surface area contributed by atoms with Gasteiger partial charge >= 0.3 is 0 Å². The molecule has 5 aromatic rings. The first kappa shape index (κ1) is 24.5. The molecule has 1 aliphatic carbocycles. The number of hydrogen-bond acceptors (Lipinski definition) is 4. The minimum Gasteiger partial charge on any atom is -0.338 e. The Balaban J connectivity index is 1.27. The summed E-state index contributed by atoms with van der Waals surface area (Å²) in [4.78, 5) is 2.47. The Morgan fingerprint density at radius 1 is 1.00 bits per heavy atom. The van der Waals surface area contributed by atoms with E-state index in [2.05, 4.69) is 77.1 Å². The van der Waals surface area contributed by atoms with Crippen LogP contribution in [0.5, 0.6) is 0 Å². The molecule has 2 unspecified atom stereocenters. The average Bonchev–Trinajstić information content (AvgIpc) is 3.64. The minimum absolute atomic E-state index is 0.0821. The lowest BCUT2D eigenvalue weighted by Crippen LogP contribution is -2.33. The van der Waals surface area contributed by atoms with E-state index < -0.39 is 10.1 Å². The predicted molar refractivity (Wildman–Crippen MR) is 159 cm³/mol. The van der Waals surface area contributed by atoms with Crippen LogP contribution in [0.1, 0.15) is 48.2 Å². The first-order valence-corrected chi connectivity index (χ1v) is 15.7. The number of para-hydroxylation sites is 1. The summed E-state index contributed by atoms with van der Waals surface area (Å²) < 4.78 is 36.1. The third-order valence-electron chi connectivity index (χ3n) is 8.27. The van der Waals surface area contributed by atoms with Crippen LogP contribution >= 0.6 is 11.3 Å². The van der Waals surface area contributed by atoms with E-state index >= 15 is 0 Å². The van der Waals surface area contributed by atoms with Gasteiger partial charge < -0.3 is 4.90 Å². The highest BCUT2D eigenvalue weighted by atomic mass is 32.2. The second kappa shape index (κ2) is 9.30. The molecule has 1 saturated carbocycles. The Morgan fingerprint density at radius 3 is 2.64 bits per heavy atom. The first-order chi connectivity index (χ1) is 18.9. The summed E-state index contributed by atoms with van der Waals surface area (Å²) in [5.74, 6) is 0.581. The van der Waals surface area contributed by atoms with E-state index in [1.165, 1.54) is 53.9 Å². The molecule has 0 amide bonds. The highest BCUT2D eigenvalue weighted by molar-refractivity contribution is 7.85.